The normalized spacial score (nSPS) is 14.2. The predicted molar refractivity (Wildman–Crippen MR) is 133 cm³/mol. The van der Waals surface area contributed by atoms with E-state index in [0.29, 0.717) is 37.9 Å². The lowest BCUT2D eigenvalue weighted by Gasteiger charge is -2.26. The Morgan fingerprint density at radius 3 is 2.37 bits per heavy atom. The van der Waals surface area contributed by atoms with Crippen molar-refractivity contribution in [1.82, 2.24) is 4.90 Å². The molecular weight excluding hydrogens is 446 g/mol. The van der Waals surface area contributed by atoms with Crippen LogP contribution in [0, 0.1) is 0 Å². The van der Waals surface area contributed by atoms with Crippen molar-refractivity contribution < 1.29 is 23.7 Å². The van der Waals surface area contributed by atoms with Gasteiger partial charge in [-0.05, 0) is 5.56 Å². The maximum Gasteiger partial charge on any atom is 0.204 e. The van der Waals surface area contributed by atoms with Crippen LogP contribution in [0.15, 0.2) is 82.0 Å². The first-order valence-corrected chi connectivity index (χ1v) is 11.7. The molecule has 1 fully saturated rings. The number of hydrogen-bond donors (Lipinski definition) is 1. The minimum absolute atomic E-state index is 0.0677. The zero-order valence-electron chi connectivity index (χ0n) is 19.3. The summed E-state index contributed by atoms with van der Waals surface area (Å²) >= 11 is 0. The van der Waals surface area contributed by atoms with Crippen LogP contribution < -0.4 is 14.9 Å². The largest absolute Gasteiger partial charge is 0.504 e. The maximum atomic E-state index is 13.0. The molecule has 0 aliphatic carbocycles. The fraction of sp³-hybridized carbons (Fsp3) is 0.250. The third-order valence-electron chi connectivity index (χ3n) is 5.97. The van der Waals surface area contributed by atoms with Gasteiger partial charge in [0.2, 0.25) is 5.75 Å². The van der Waals surface area contributed by atoms with E-state index in [9.17, 15) is 9.90 Å². The summed E-state index contributed by atoms with van der Waals surface area (Å²) in [5, 5.41) is 11.2. The van der Waals surface area contributed by atoms with E-state index < -0.39 is 0 Å². The van der Waals surface area contributed by atoms with Gasteiger partial charge in [-0.2, -0.15) is 0 Å². The Morgan fingerprint density at radius 1 is 0.914 bits per heavy atom. The Hall–Kier alpha value is -3.81. The van der Waals surface area contributed by atoms with E-state index in [1.165, 1.54) is 6.07 Å². The SMILES string of the molecule is O=c1cc(-c2ccccc2)oc2cc(OCc3ccccc3)c(OCCN3CCOCC3)c(O)c12. The van der Waals surface area contributed by atoms with Crippen molar-refractivity contribution in [2.75, 3.05) is 39.5 Å². The highest BCUT2D eigenvalue weighted by Gasteiger charge is 2.21. The van der Waals surface area contributed by atoms with Crippen LogP contribution in [0.5, 0.6) is 17.2 Å². The Bertz CT molecular complexity index is 1330. The average Bonchev–Trinajstić information content (AvgIpc) is 2.90. The fourth-order valence-electron chi connectivity index (χ4n) is 4.09. The van der Waals surface area contributed by atoms with Gasteiger partial charge < -0.3 is 23.7 Å². The lowest BCUT2D eigenvalue weighted by molar-refractivity contribution is 0.0319. The monoisotopic (exact) mass is 473 g/mol. The number of morpholine rings is 1. The van der Waals surface area contributed by atoms with Crippen LogP contribution in [0.1, 0.15) is 5.56 Å². The lowest BCUT2D eigenvalue weighted by Crippen LogP contribution is -2.38. The Labute approximate surface area is 203 Å². The molecule has 0 radical (unpaired) electrons. The molecule has 0 saturated carbocycles. The molecule has 0 unspecified atom stereocenters. The van der Waals surface area contributed by atoms with E-state index >= 15 is 0 Å². The molecule has 1 aliphatic heterocycles. The smallest absolute Gasteiger partial charge is 0.204 e. The summed E-state index contributed by atoms with van der Waals surface area (Å²) in [5.74, 6) is 0.592. The maximum absolute atomic E-state index is 13.0. The molecule has 1 N–H and O–H groups in total. The first kappa shape index (κ1) is 23.0. The molecule has 1 aromatic heterocycles. The first-order valence-electron chi connectivity index (χ1n) is 11.7. The van der Waals surface area contributed by atoms with Gasteiger partial charge >= 0.3 is 0 Å². The third kappa shape index (κ3) is 5.31. The van der Waals surface area contributed by atoms with Gasteiger partial charge in [-0.15, -0.1) is 0 Å². The highest BCUT2D eigenvalue weighted by molar-refractivity contribution is 5.89. The Balaban J connectivity index is 1.49. The van der Waals surface area contributed by atoms with Crippen molar-refractivity contribution >= 4 is 11.0 Å². The van der Waals surface area contributed by atoms with Crippen molar-refractivity contribution in [2.24, 2.45) is 0 Å². The summed E-state index contributed by atoms with van der Waals surface area (Å²) < 4.78 is 23.5. The summed E-state index contributed by atoms with van der Waals surface area (Å²) in [4.78, 5) is 15.2. The number of phenolic OH excluding ortho intramolecular Hbond substituents is 1. The molecule has 7 heteroatoms. The zero-order chi connectivity index (χ0) is 24.0. The summed E-state index contributed by atoms with van der Waals surface area (Å²) in [6, 6.07) is 22.1. The van der Waals surface area contributed by atoms with Crippen molar-refractivity contribution in [2.45, 2.75) is 6.61 Å². The second-order valence-electron chi connectivity index (χ2n) is 8.34. The van der Waals surface area contributed by atoms with Crippen molar-refractivity contribution in [3.05, 3.63) is 88.6 Å². The van der Waals surface area contributed by atoms with Gasteiger partial charge in [0.25, 0.3) is 0 Å². The van der Waals surface area contributed by atoms with Gasteiger partial charge in [0.15, 0.2) is 16.9 Å². The fourth-order valence-corrected chi connectivity index (χ4v) is 4.09. The van der Waals surface area contributed by atoms with Crippen molar-refractivity contribution in [3.8, 4) is 28.6 Å². The van der Waals surface area contributed by atoms with Crippen LogP contribution in [0.3, 0.4) is 0 Å². The molecule has 2 heterocycles. The number of phenols is 1. The van der Waals surface area contributed by atoms with Crippen LogP contribution in [-0.4, -0.2) is 49.5 Å². The number of fused-ring (bicyclic) bond motifs is 1. The summed E-state index contributed by atoms with van der Waals surface area (Å²) in [7, 11) is 0. The summed E-state index contributed by atoms with van der Waals surface area (Å²) in [5.41, 5.74) is 1.61. The Morgan fingerprint density at radius 2 is 1.63 bits per heavy atom. The molecule has 0 atom stereocenters. The molecule has 7 nitrogen and oxygen atoms in total. The molecule has 0 spiro atoms. The summed E-state index contributed by atoms with van der Waals surface area (Å²) in [6.45, 7) is 4.31. The van der Waals surface area contributed by atoms with E-state index in [2.05, 4.69) is 4.90 Å². The number of aromatic hydroxyl groups is 1. The molecular formula is C28H27NO6. The molecule has 0 amide bonds. The molecule has 5 rings (SSSR count). The second-order valence-corrected chi connectivity index (χ2v) is 8.34. The number of ether oxygens (including phenoxy) is 3. The standard InChI is InChI=1S/C28H27NO6/c30-22-17-23(21-9-5-2-6-10-21)35-24-18-25(34-19-20-7-3-1-4-8-20)28(27(31)26(22)24)33-16-13-29-11-14-32-15-12-29/h1-10,17-18,31H,11-16,19H2. The van der Waals surface area contributed by atoms with Crippen LogP contribution >= 0.6 is 0 Å². The first-order chi connectivity index (χ1) is 17.2. The number of rotatable bonds is 8. The van der Waals surface area contributed by atoms with E-state index in [0.717, 1.165) is 24.2 Å². The van der Waals surface area contributed by atoms with E-state index in [-0.39, 0.29) is 34.5 Å². The van der Waals surface area contributed by atoms with Gasteiger partial charge in [0.1, 0.15) is 29.9 Å². The number of nitrogens with zero attached hydrogens (tertiary/aromatic N) is 1. The van der Waals surface area contributed by atoms with Crippen molar-refractivity contribution in [1.29, 1.82) is 0 Å². The van der Waals surface area contributed by atoms with Gasteiger partial charge in [-0.1, -0.05) is 60.7 Å². The molecule has 0 bridgehead atoms. The molecule has 180 valence electrons. The average molecular weight is 474 g/mol. The van der Waals surface area contributed by atoms with Crippen LogP contribution in [0.4, 0.5) is 0 Å². The number of hydrogen-bond acceptors (Lipinski definition) is 7. The van der Waals surface area contributed by atoms with Crippen LogP contribution in [-0.2, 0) is 11.3 Å². The predicted octanol–water partition coefficient (Wildman–Crippen LogP) is 4.46. The van der Waals surface area contributed by atoms with Gasteiger partial charge in [0, 0.05) is 37.3 Å². The number of benzene rings is 3. The van der Waals surface area contributed by atoms with Crippen LogP contribution in [0.25, 0.3) is 22.3 Å². The second kappa shape index (κ2) is 10.6. The lowest BCUT2D eigenvalue weighted by atomic mass is 10.1. The van der Waals surface area contributed by atoms with E-state index in [1.54, 1.807) is 6.07 Å². The molecule has 1 saturated heterocycles. The van der Waals surface area contributed by atoms with Gasteiger partial charge in [-0.25, -0.2) is 0 Å². The van der Waals surface area contributed by atoms with Crippen molar-refractivity contribution in [3.63, 3.8) is 0 Å². The third-order valence-corrected chi connectivity index (χ3v) is 5.97. The summed E-state index contributed by atoms with van der Waals surface area (Å²) in [6.07, 6.45) is 0. The zero-order valence-corrected chi connectivity index (χ0v) is 19.3. The Kier molecular flexibility index (Phi) is 6.97. The molecule has 35 heavy (non-hydrogen) atoms. The molecule has 1 aliphatic rings. The van der Waals surface area contributed by atoms with Gasteiger partial charge in [-0.3, -0.25) is 9.69 Å². The quantitative estimate of drug-likeness (QED) is 0.405. The van der Waals surface area contributed by atoms with E-state index in [1.807, 2.05) is 60.7 Å². The molecule has 3 aromatic carbocycles. The minimum Gasteiger partial charge on any atom is -0.504 e. The van der Waals surface area contributed by atoms with Gasteiger partial charge in [0.05, 0.1) is 13.2 Å². The highest BCUT2D eigenvalue weighted by atomic mass is 16.5. The molecule has 4 aromatic rings. The minimum atomic E-state index is -0.352. The van der Waals surface area contributed by atoms with Crippen LogP contribution in [0.2, 0.25) is 0 Å². The van der Waals surface area contributed by atoms with E-state index in [4.69, 9.17) is 18.6 Å². The topological polar surface area (TPSA) is 81.4 Å². The highest BCUT2D eigenvalue weighted by Crippen LogP contribution is 2.43.